The van der Waals surface area contributed by atoms with Crippen LogP contribution in [0.4, 0.5) is 17.8 Å². The first-order chi connectivity index (χ1) is 12.7. The lowest BCUT2D eigenvalue weighted by Crippen LogP contribution is -2.37. The van der Waals surface area contributed by atoms with Crippen molar-refractivity contribution in [2.75, 3.05) is 56.1 Å². The smallest absolute Gasteiger partial charge is 0.250 e. The second-order valence-electron chi connectivity index (χ2n) is 5.40. The van der Waals surface area contributed by atoms with Gasteiger partial charge in [-0.2, -0.15) is 20.1 Å². The summed E-state index contributed by atoms with van der Waals surface area (Å²) >= 11 is 0. The maximum Gasteiger partial charge on any atom is 0.250 e. The highest BCUT2D eigenvalue weighted by atomic mass is 16.5. The molecule has 0 radical (unpaired) electrons. The zero-order valence-electron chi connectivity index (χ0n) is 14.6. The van der Waals surface area contributed by atoms with E-state index in [1.807, 2.05) is 4.90 Å². The van der Waals surface area contributed by atoms with Gasteiger partial charge in [-0.1, -0.05) is 6.07 Å². The predicted molar refractivity (Wildman–Crippen MR) is 98.3 cm³/mol. The standard InChI is InChI=1S/C16H21N7O3/c1-17-14-19-15(21-16(20-14)23-6-8-26-9-7-23)22-18-10-11-4-3-5-12(25-2)13(11)24/h3-5,10,24H,6-9H2,1-2H3,(H2,17,19,20,21,22)/b18-10+. The molecule has 10 nitrogen and oxygen atoms in total. The Morgan fingerprint density at radius 3 is 2.73 bits per heavy atom. The minimum absolute atomic E-state index is 0.0149. The van der Waals surface area contributed by atoms with Gasteiger partial charge in [0.2, 0.25) is 17.8 Å². The number of ether oxygens (including phenoxy) is 2. The van der Waals surface area contributed by atoms with E-state index < -0.39 is 0 Å². The normalized spacial score (nSPS) is 14.5. The molecule has 0 amide bonds. The molecule has 0 spiro atoms. The highest BCUT2D eigenvalue weighted by molar-refractivity contribution is 5.85. The number of hydrogen-bond donors (Lipinski definition) is 3. The molecule has 0 atom stereocenters. The molecule has 1 saturated heterocycles. The van der Waals surface area contributed by atoms with Gasteiger partial charge in [0.15, 0.2) is 11.5 Å². The van der Waals surface area contributed by atoms with Crippen LogP contribution >= 0.6 is 0 Å². The number of methoxy groups -OCH3 is 1. The van der Waals surface area contributed by atoms with Gasteiger partial charge in [0.05, 0.1) is 26.5 Å². The van der Waals surface area contributed by atoms with E-state index in [4.69, 9.17) is 9.47 Å². The average Bonchev–Trinajstić information content (AvgIpc) is 2.69. The van der Waals surface area contributed by atoms with Gasteiger partial charge >= 0.3 is 0 Å². The maximum absolute atomic E-state index is 10.1. The molecule has 26 heavy (non-hydrogen) atoms. The Bertz CT molecular complexity index is 778. The van der Waals surface area contributed by atoms with E-state index in [9.17, 15) is 5.11 Å². The minimum Gasteiger partial charge on any atom is -0.504 e. The van der Waals surface area contributed by atoms with Crippen LogP contribution in [-0.2, 0) is 4.74 Å². The average molecular weight is 359 g/mol. The van der Waals surface area contributed by atoms with Gasteiger partial charge in [-0.25, -0.2) is 5.43 Å². The van der Waals surface area contributed by atoms with Crippen molar-refractivity contribution in [1.82, 2.24) is 15.0 Å². The Kier molecular flexibility index (Phi) is 5.64. The molecule has 3 rings (SSSR count). The van der Waals surface area contributed by atoms with E-state index in [1.54, 1.807) is 25.2 Å². The molecule has 0 unspecified atom stereocenters. The number of rotatable bonds is 6. The number of hydrazone groups is 1. The topological polar surface area (TPSA) is 117 Å². The Morgan fingerprint density at radius 2 is 2.00 bits per heavy atom. The number of para-hydroxylation sites is 1. The van der Waals surface area contributed by atoms with E-state index in [-0.39, 0.29) is 5.75 Å². The lowest BCUT2D eigenvalue weighted by atomic mass is 10.2. The summed E-state index contributed by atoms with van der Waals surface area (Å²) in [5.74, 6) is 1.67. The molecule has 1 fully saturated rings. The molecular formula is C16H21N7O3. The molecule has 1 aliphatic rings. The van der Waals surface area contributed by atoms with Gasteiger partial charge in [-0.3, -0.25) is 0 Å². The fourth-order valence-electron chi connectivity index (χ4n) is 2.40. The van der Waals surface area contributed by atoms with Gasteiger partial charge in [0.25, 0.3) is 0 Å². The number of nitrogens with one attached hydrogen (secondary N) is 2. The Hall–Kier alpha value is -3.14. The number of phenols is 1. The van der Waals surface area contributed by atoms with Crippen molar-refractivity contribution in [2.24, 2.45) is 5.10 Å². The van der Waals surface area contributed by atoms with E-state index >= 15 is 0 Å². The molecule has 0 saturated carbocycles. The van der Waals surface area contributed by atoms with Gasteiger partial charge < -0.3 is 24.8 Å². The van der Waals surface area contributed by atoms with Gasteiger partial charge in [-0.15, -0.1) is 0 Å². The molecule has 0 bridgehead atoms. The highest BCUT2D eigenvalue weighted by Gasteiger charge is 2.16. The minimum atomic E-state index is 0.0149. The number of morpholine rings is 1. The molecule has 10 heteroatoms. The summed E-state index contributed by atoms with van der Waals surface area (Å²) in [5, 5.41) is 17.1. The summed E-state index contributed by atoms with van der Waals surface area (Å²) in [7, 11) is 3.23. The van der Waals surface area contributed by atoms with Crippen LogP contribution in [0.5, 0.6) is 11.5 Å². The predicted octanol–water partition coefficient (Wildman–Crippen LogP) is 0.910. The van der Waals surface area contributed by atoms with E-state index in [0.29, 0.717) is 55.5 Å². The first-order valence-corrected chi connectivity index (χ1v) is 8.13. The molecule has 0 aliphatic carbocycles. The Balaban J connectivity index is 1.76. The van der Waals surface area contributed by atoms with E-state index in [1.165, 1.54) is 13.3 Å². The summed E-state index contributed by atoms with van der Waals surface area (Å²) in [4.78, 5) is 15.0. The van der Waals surface area contributed by atoms with Crippen LogP contribution in [0.3, 0.4) is 0 Å². The van der Waals surface area contributed by atoms with Crippen LogP contribution in [0, 0.1) is 0 Å². The zero-order valence-corrected chi connectivity index (χ0v) is 14.6. The quantitative estimate of drug-likeness (QED) is 0.511. The van der Waals surface area contributed by atoms with Crippen molar-refractivity contribution in [3.63, 3.8) is 0 Å². The molecule has 138 valence electrons. The van der Waals surface area contributed by atoms with Crippen molar-refractivity contribution in [2.45, 2.75) is 0 Å². The second-order valence-corrected chi connectivity index (χ2v) is 5.40. The third-order valence-electron chi connectivity index (χ3n) is 3.76. The molecule has 2 heterocycles. The van der Waals surface area contributed by atoms with Crippen molar-refractivity contribution < 1.29 is 14.6 Å². The van der Waals surface area contributed by atoms with Crippen molar-refractivity contribution in [1.29, 1.82) is 0 Å². The number of anilines is 3. The van der Waals surface area contributed by atoms with Gasteiger partial charge in [0, 0.05) is 25.7 Å². The number of aromatic hydroxyl groups is 1. The molecule has 1 aliphatic heterocycles. The van der Waals surface area contributed by atoms with Crippen molar-refractivity contribution in [3.05, 3.63) is 23.8 Å². The zero-order chi connectivity index (χ0) is 18.4. The van der Waals surface area contributed by atoms with Crippen LogP contribution in [0.1, 0.15) is 5.56 Å². The van der Waals surface area contributed by atoms with Crippen LogP contribution in [0.15, 0.2) is 23.3 Å². The molecule has 2 aromatic rings. The highest BCUT2D eigenvalue weighted by Crippen LogP contribution is 2.28. The third kappa shape index (κ3) is 4.09. The van der Waals surface area contributed by atoms with E-state index in [2.05, 4.69) is 30.8 Å². The first kappa shape index (κ1) is 17.7. The molecule has 3 N–H and O–H groups in total. The number of benzene rings is 1. The van der Waals surface area contributed by atoms with E-state index in [0.717, 1.165) is 0 Å². The number of nitrogens with zero attached hydrogens (tertiary/aromatic N) is 5. The van der Waals surface area contributed by atoms with Crippen LogP contribution < -0.4 is 20.4 Å². The van der Waals surface area contributed by atoms with Crippen LogP contribution in [-0.4, -0.2) is 66.7 Å². The van der Waals surface area contributed by atoms with Crippen molar-refractivity contribution >= 4 is 24.1 Å². The summed E-state index contributed by atoms with van der Waals surface area (Å²) in [6.45, 7) is 2.70. The number of aromatic nitrogens is 3. The third-order valence-corrected chi connectivity index (χ3v) is 3.76. The van der Waals surface area contributed by atoms with Gasteiger partial charge in [-0.05, 0) is 12.1 Å². The maximum atomic E-state index is 10.1. The van der Waals surface area contributed by atoms with Crippen molar-refractivity contribution in [3.8, 4) is 11.5 Å². The fraction of sp³-hybridized carbons (Fsp3) is 0.375. The number of hydrogen-bond acceptors (Lipinski definition) is 10. The lowest BCUT2D eigenvalue weighted by Gasteiger charge is -2.26. The summed E-state index contributed by atoms with van der Waals surface area (Å²) < 4.78 is 10.4. The summed E-state index contributed by atoms with van der Waals surface area (Å²) in [5.41, 5.74) is 3.28. The van der Waals surface area contributed by atoms with Gasteiger partial charge in [0.1, 0.15) is 0 Å². The monoisotopic (exact) mass is 359 g/mol. The lowest BCUT2D eigenvalue weighted by molar-refractivity contribution is 0.122. The summed E-state index contributed by atoms with van der Waals surface area (Å²) in [6, 6.07) is 5.15. The van der Waals surface area contributed by atoms with Crippen LogP contribution in [0.25, 0.3) is 0 Å². The molecular weight excluding hydrogens is 338 g/mol. The largest absolute Gasteiger partial charge is 0.504 e. The van der Waals surface area contributed by atoms with Crippen LogP contribution in [0.2, 0.25) is 0 Å². The SMILES string of the molecule is CNc1nc(N/N=C/c2cccc(OC)c2O)nc(N2CCOCC2)n1. The molecule has 1 aromatic heterocycles. The Morgan fingerprint density at radius 1 is 1.23 bits per heavy atom. The number of phenolic OH excluding ortho intramolecular Hbond substituents is 1. The Labute approximate surface area is 150 Å². The second kappa shape index (κ2) is 8.30. The fourth-order valence-corrected chi connectivity index (χ4v) is 2.40. The first-order valence-electron chi connectivity index (χ1n) is 8.13. The summed E-state index contributed by atoms with van der Waals surface area (Å²) in [6.07, 6.45) is 1.47. The molecule has 1 aromatic carbocycles.